The molecule has 0 unspecified atom stereocenters. The fourth-order valence-electron chi connectivity index (χ4n) is 2.19. The highest BCUT2D eigenvalue weighted by atomic mass is 79.9. The van der Waals surface area contributed by atoms with E-state index in [-0.39, 0.29) is 11.6 Å². The third kappa shape index (κ3) is 4.64. The van der Waals surface area contributed by atoms with Crippen LogP contribution >= 0.6 is 15.9 Å². The predicted molar refractivity (Wildman–Crippen MR) is 99.6 cm³/mol. The average molecular weight is 398 g/mol. The Bertz CT molecular complexity index is 885. The minimum Gasteiger partial charge on any atom is -0.473 e. The molecule has 5 nitrogen and oxygen atoms in total. The van der Waals surface area contributed by atoms with Crippen molar-refractivity contribution in [3.63, 3.8) is 0 Å². The Hall–Kier alpha value is -2.73. The molecule has 0 spiro atoms. The monoisotopic (exact) mass is 397 g/mol. The van der Waals surface area contributed by atoms with Gasteiger partial charge in [-0.3, -0.25) is 4.79 Å². The molecule has 6 heteroatoms. The number of hydrogen-bond donors (Lipinski definition) is 1. The van der Waals surface area contributed by atoms with E-state index in [1.807, 2.05) is 55.5 Å². The van der Waals surface area contributed by atoms with Crippen molar-refractivity contribution in [1.29, 1.82) is 0 Å². The maximum Gasteiger partial charge on any atom is 0.274 e. The van der Waals surface area contributed by atoms with E-state index in [0.29, 0.717) is 18.2 Å². The lowest BCUT2D eigenvalue weighted by molar-refractivity contribution is 0.102. The zero-order chi connectivity index (χ0) is 17.6. The molecule has 0 saturated carbocycles. The van der Waals surface area contributed by atoms with Gasteiger partial charge < -0.3 is 10.1 Å². The summed E-state index contributed by atoms with van der Waals surface area (Å²) in [7, 11) is 0. The highest BCUT2D eigenvalue weighted by molar-refractivity contribution is 9.10. The van der Waals surface area contributed by atoms with E-state index >= 15 is 0 Å². The number of nitrogens with one attached hydrogen (secondary N) is 1. The topological polar surface area (TPSA) is 64.1 Å². The number of nitrogens with zero attached hydrogens (tertiary/aromatic N) is 2. The van der Waals surface area contributed by atoms with Gasteiger partial charge in [0.1, 0.15) is 18.6 Å². The first-order chi connectivity index (χ1) is 12.1. The van der Waals surface area contributed by atoms with Crippen LogP contribution in [0.3, 0.4) is 0 Å². The third-order valence-corrected chi connectivity index (χ3v) is 4.41. The summed E-state index contributed by atoms with van der Waals surface area (Å²) < 4.78 is 6.62. The number of ether oxygens (including phenoxy) is 1. The summed E-state index contributed by atoms with van der Waals surface area (Å²) in [4.78, 5) is 20.4. The number of halogens is 1. The Kier molecular flexibility index (Phi) is 5.40. The molecule has 0 bridgehead atoms. The summed E-state index contributed by atoms with van der Waals surface area (Å²) in [6, 6.07) is 16.9. The molecule has 0 aliphatic rings. The minimum absolute atomic E-state index is 0.249. The fourth-order valence-corrected chi connectivity index (χ4v) is 2.44. The van der Waals surface area contributed by atoms with Crippen LogP contribution in [0.25, 0.3) is 0 Å². The molecule has 1 aromatic heterocycles. The van der Waals surface area contributed by atoms with E-state index in [0.717, 1.165) is 15.6 Å². The van der Waals surface area contributed by atoms with Crippen LogP contribution in [0.1, 0.15) is 21.6 Å². The van der Waals surface area contributed by atoms with Crippen LogP contribution in [0.5, 0.6) is 5.88 Å². The van der Waals surface area contributed by atoms with E-state index in [1.54, 1.807) is 0 Å². The van der Waals surface area contributed by atoms with Crippen LogP contribution in [0, 0.1) is 6.92 Å². The quantitative estimate of drug-likeness (QED) is 0.693. The van der Waals surface area contributed by atoms with Gasteiger partial charge in [0.25, 0.3) is 5.91 Å². The molecule has 3 rings (SSSR count). The first-order valence-electron chi connectivity index (χ1n) is 7.68. The predicted octanol–water partition coefficient (Wildman–Crippen LogP) is 4.38. The summed E-state index contributed by atoms with van der Waals surface area (Å²) >= 11 is 3.44. The molecule has 126 valence electrons. The molecule has 0 aliphatic heterocycles. The van der Waals surface area contributed by atoms with Gasteiger partial charge in [0, 0.05) is 16.2 Å². The molecule has 0 atom stereocenters. The standard InChI is InChI=1S/C19H16BrN3O2/c1-13-9-15(7-8-16(13)20)23-19(24)17-10-18(22-12-21-17)25-11-14-5-3-2-4-6-14/h2-10,12H,11H2,1H3,(H,23,24). The SMILES string of the molecule is Cc1cc(NC(=O)c2cc(OCc3ccccc3)ncn2)ccc1Br. The van der Waals surface area contributed by atoms with Crippen molar-refractivity contribution in [2.75, 3.05) is 5.32 Å². The lowest BCUT2D eigenvalue weighted by atomic mass is 10.2. The number of aromatic nitrogens is 2. The largest absolute Gasteiger partial charge is 0.473 e. The highest BCUT2D eigenvalue weighted by Crippen LogP contribution is 2.20. The maximum atomic E-state index is 12.4. The summed E-state index contributed by atoms with van der Waals surface area (Å²) in [5.74, 6) is 0.0460. The molecule has 1 N–H and O–H groups in total. The molecule has 2 aromatic carbocycles. The van der Waals surface area contributed by atoms with Crippen molar-refractivity contribution in [1.82, 2.24) is 9.97 Å². The van der Waals surface area contributed by atoms with Gasteiger partial charge in [-0.05, 0) is 36.2 Å². The summed E-state index contributed by atoms with van der Waals surface area (Å²) in [5, 5.41) is 2.82. The van der Waals surface area contributed by atoms with E-state index in [4.69, 9.17) is 4.74 Å². The van der Waals surface area contributed by atoms with Crippen LogP contribution in [-0.2, 0) is 6.61 Å². The summed E-state index contributed by atoms with van der Waals surface area (Å²) in [5.41, 5.74) is 3.01. The van der Waals surface area contributed by atoms with Crippen molar-refractivity contribution >= 4 is 27.5 Å². The average Bonchev–Trinajstić information content (AvgIpc) is 2.64. The number of carbonyl (C=O) groups excluding carboxylic acids is 1. The Labute approximate surface area is 154 Å². The number of carbonyl (C=O) groups is 1. The minimum atomic E-state index is -0.311. The van der Waals surface area contributed by atoms with Crippen molar-refractivity contribution in [2.24, 2.45) is 0 Å². The highest BCUT2D eigenvalue weighted by Gasteiger charge is 2.10. The zero-order valence-electron chi connectivity index (χ0n) is 13.6. The van der Waals surface area contributed by atoms with Gasteiger partial charge in [-0.25, -0.2) is 9.97 Å². The number of rotatable bonds is 5. The lowest BCUT2D eigenvalue weighted by Gasteiger charge is -2.08. The molecule has 0 aliphatic carbocycles. The Morgan fingerprint density at radius 1 is 1.12 bits per heavy atom. The lowest BCUT2D eigenvalue weighted by Crippen LogP contribution is -2.14. The van der Waals surface area contributed by atoms with E-state index in [1.165, 1.54) is 12.4 Å². The molecule has 0 fully saturated rings. The van der Waals surface area contributed by atoms with Gasteiger partial charge in [-0.2, -0.15) is 0 Å². The van der Waals surface area contributed by atoms with Crippen molar-refractivity contribution in [3.05, 3.63) is 82.2 Å². The van der Waals surface area contributed by atoms with Crippen LogP contribution in [0.4, 0.5) is 5.69 Å². The molecular weight excluding hydrogens is 382 g/mol. The Balaban J connectivity index is 1.67. The number of anilines is 1. The maximum absolute atomic E-state index is 12.4. The second-order valence-electron chi connectivity index (χ2n) is 5.43. The van der Waals surface area contributed by atoms with E-state index < -0.39 is 0 Å². The summed E-state index contributed by atoms with van der Waals surface area (Å²) in [6.07, 6.45) is 1.32. The van der Waals surface area contributed by atoms with Crippen LogP contribution in [0.2, 0.25) is 0 Å². The Morgan fingerprint density at radius 3 is 2.68 bits per heavy atom. The Morgan fingerprint density at radius 2 is 1.92 bits per heavy atom. The molecule has 1 amide bonds. The second kappa shape index (κ2) is 7.90. The van der Waals surface area contributed by atoms with Gasteiger partial charge in [0.15, 0.2) is 0 Å². The van der Waals surface area contributed by atoms with Crippen molar-refractivity contribution in [3.8, 4) is 5.88 Å². The molecule has 0 radical (unpaired) electrons. The second-order valence-corrected chi connectivity index (χ2v) is 6.29. The summed E-state index contributed by atoms with van der Waals surface area (Å²) in [6.45, 7) is 2.34. The van der Waals surface area contributed by atoms with Crippen LogP contribution in [-0.4, -0.2) is 15.9 Å². The fraction of sp³-hybridized carbons (Fsp3) is 0.105. The first kappa shape index (κ1) is 17.1. The van der Waals surface area contributed by atoms with Crippen LogP contribution in [0.15, 0.2) is 65.4 Å². The first-order valence-corrected chi connectivity index (χ1v) is 8.47. The molecule has 3 aromatic rings. The van der Waals surface area contributed by atoms with Gasteiger partial charge in [0.05, 0.1) is 0 Å². The number of amides is 1. The van der Waals surface area contributed by atoms with Crippen LogP contribution < -0.4 is 10.1 Å². The molecule has 0 saturated heterocycles. The van der Waals surface area contributed by atoms with Gasteiger partial charge in [-0.15, -0.1) is 0 Å². The van der Waals surface area contributed by atoms with Gasteiger partial charge in [0.2, 0.25) is 5.88 Å². The number of benzene rings is 2. The smallest absolute Gasteiger partial charge is 0.274 e. The molecule has 25 heavy (non-hydrogen) atoms. The zero-order valence-corrected chi connectivity index (χ0v) is 15.2. The number of hydrogen-bond acceptors (Lipinski definition) is 4. The van der Waals surface area contributed by atoms with Gasteiger partial charge in [-0.1, -0.05) is 46.3 Å². The van der Waals surface area contributed by atoms with Crippen molar-refractivity contribution < 1.29 is 9.53 Å². The van der Waals surface area contributed by atoms with E-state index in [9.17, 15) is 4.79 Å². The third-order valence-electron chi connectivity index (χ3n) is 3.52. The molecule has 1 heterocycles. The molecular formula is C19H16BrN3O2. The van der Waals surface area contributed by atoms with Gasteiger partial charge >= 0.3 is 0 Å². The normalized spacial score (nSPS) is 10.3. The van der Waals surface area contributed by atoms with Crippen molar-refractivity contribution in [2.45, 2.75) is 13.5 Å². The van der Waals surface area contributed by atoms with E-state index in [2.05, 4.69) is 31.2 Å². The number of aryl methyl sites for hydroxylation is 1.